The highest BCUT2D eigenvalue weighted by molar-refractivity contribution is 5.64. The van der Waals surface area contributed by atoms with E-state index in [2.05, 4.69) is 6.58 Å². The molecule has 0 fully saturated rings. The largest absolute Gasteiger partial charge is 0.486 e. The van der Waals surface area contributed by atoms with Crippen LogP contribution in [0.2, 0.25) is 0 Å². The van der Waals surface area contributed by atoms with Crippen LogP contribution in [0.4, 0.5) is 0 Å². The highest BCUT2D eigenvalue weighted by Gasteiger charge is 2.11. The van der Waals surface area contributed by atoms with Gasteiger partial charge in [-0.1, -0.05) is 18.2 Å². The van der Waals surface area contributed by atoms with Crippen molar-refractivity contribution in [3.8, 4) is 11.5 Å². The van der Waals surface area contributed by atoms with Crippen molar-refractivity contribution in [2.24, 2.45) is 0 Å². The average Bonchev–Trinajstić information content (AvgIpc) is 2.17. The van der Waals surface area contributed by atoms with Crippen LogP contribution in [0.25, 0.3) is 5.57 Å². The Bertz CT molecular complexity index is 342. The lowest BCUT2D eigenvalue weighted by atomic mass is 10.1. The predicted octanol–water partition coefficient (Wildman–Crippen LogP) is 2.49. The number of rotatable bonds is 1. The maximum atomic E-state index is 5.45. The summed E-state index contributed by atoms with van der Waals surface area (Å²) in [6.45, 7) is 7.13. The van der Waals surface area contributed by atoms with Crippen molar-refractivity contribution in [2.45, 2.75) is 6.92 Å². The first-order chi connectivity index (χ1) is 6.27. The minimum absolute atomic E-state index is 0.632. The molecule has 2 heteroatoms. The Morgan fingerprint density at radius 3 is 2.62 bits per heavy atom. The molecule has 0 amide bonds. The summed E-state index contributed by atoms with van der Waals surface area (Å²) >= 11 is 0. The van der Waals surface area contributed by atoms with Crippen molar-refractivity contribution in [2.75, 3.05) is 13.2 Å². The maximum absolute atomic E-state index is 5.45. The molecule has 1 aromatic carbocycles. The van der Waals surface area contributed by atoms with E-state index in [0.717, 1.165) is 22.6 Å². The molecule has 0 N–H and O–H groups in total. The zero-order valence-corrected chi connectivity index (χ0v) is 7.67. The van der Waals surface area contributed by atoms with E-state index in [0.29, 0.717) is 13.2 Å². The fourth-order valence-corrected chi connectivity index (χ4v) is 1.31. The third-order valence-corrected chi connectivity index (χ3v) is 2.03. The predicted molar refractivity (Wildman–Crippen MR) is 52.1 cm³/mol. The third-order valence-electron chi connectivity index (χ3n) is 2.03. The van der Waals surface area contributed by atoms with E-state index in [1.807, 2.05) is 25.1 Å². The molecule has 0 aromatic heterocycles. The van der Waals surface area contributed by atoms with E-state index in [4.69, 9.17) is 9.47 Å². The highest BCUT2D eigenvalue weighted by Crippen LogP contribution is 2.32. The summed E-state index contributed by atoms with van der Waals surface area (Å²) in [5.41, 5.74) is 2.14. The molecule has 0 saturated heterocycles. The minimum Gasteiger partial charge on any atom is -0.486 e. The average molecular weight is 176 g/mol. The van der Waals surface area contributed by atoms with E-state index in [1.54, 1.807) is 0 Å². The van der Waals surface area contributed by atoms with E-state index < -0.39 is 0 Å². The quantitative estimate of drug-likeness (QED) is 0.654. The second-order valence-electron chi connectivity index (χ2n) is 3.14. The molecule has 0 aliphatic carbocycles. The molecule has 1 aliphatic heterocycles. The number of allylic oxidation sites excluding steroid dienone is 1. The third kappa shape index (κ3) is 1.52. The monoisotopic (exact) mass is 176 g/mol. The number of fused-ring (bicyclic) bond motifs is 1. The second-order valence-corrected chi connectivity index (χ2v) is 3.14. The van der Waals surface area contributed by atoms with Gasteiger partial charge in [-0.15, -0.1) is 0 Å². The number of hydrogen-bond acceptors (Lipinski definition) is 2. The van der Waals surface area contributed by atoms with Gasteiger partial charge in [0.2, 0.25) is 0 Å². The lowest BCUT2D eigenvalue weighted by Gasteiger charge is -2.18. The van der Waals surface area contributed by atoms with Gasteiger partial charge in [-0.2, -0.15) is 0 Å². The van der Waals surface area contributed by atoms with Crippen LogP contribution in [-0.2, 0) is 0 Å². The fourth-order valence-electron chi connectivity index (χ4n) is 1.31. The molecular formula is C11H12O2. The van der Waals surface area contributed by atoms with Gasteiger partial charge in [0.25, 0.3) is 0 Å². The zero-order chi connectivity index (χ0) is 9.26. The van der Waals surface area contributed by atoms with Gasteiger partial charge in [-0.05, 0) is 24.6 Å². The molecule has 0 bridgehead atoms. The zero-order valence-electron chi connectivity index (χ0n) is 7.67. The summed E-state index contributed by atoms with van der Waals surface area (Å²) in [5.74, 6) is 1.66. The van der Waals surface area contributed by atoms with Crippen LogP contribution in [-0.4, -0.2) is 13.2 Å². The maximum Gasteiger partial charge on any atom is 0.161 e. The van der Waals surface area contributed by atoms with Gasteiger partial charge in [-0.3, -0.25) is 0 Å². The van der Waals surface area contributed by atoms with Gasteiger partial charge < -0.3 is 9.47 Å². The minimum atomic E-state index is 0.632. The van der Waals surface area contributed by atoms with E-state index >= 15 is 0 Å². The number of hydrogen-bond donors (Lipinski definition) is 0. The lowest BCUT2D eigenvalue weighted by molar-refractivity contribution is 0.171. The van der Waals surface area contributed by atoms with Crippen molar-refractivity contribution >= 4 is 5.57 Å². The standard InChI is InChI=1S/C11H12O2/c1-8(2)9-3-4-10-11(7-9)13-6-5-12-10/h3-4,7H,1,5-6H2,2H3. The fraction of sp³-hybridized carbons (Fsp3) is 0.273. The van der Waals surface area contributed by atoms with Gasteiger partial charge in [0, 0.05) is 0 Å². The van der Waals surface area contributed by atoms with Crippen LogP contribution < -0.4 is 9.47 Å². The molecule has 68 valence electrons. The molecule has 1 aromatic rings. The van der Waals surface area contributed by atoms with Crippen LogP contribution in [0.5, 0.6) is 11.5 Å². The summed E-state index contributed by atoms with van der Waals surface area (Å²) in [6.07, 6.45) is 0. The first-order valence-corrected chi connectivity index (χ1v) is 4.33. The summed E-state index contributed by atoms with van der Waals surface area (Å²) in [5, 5.41) is 0. The Labute approximate surface area is 77.8 Å². The first kappa shape index (κ1) is 8.17. The normalized spacial score (nSPS) is 13.9. The SMILES string of the molecule is C=C(C)c1ccc2c(c1)OCCO2. The summed E-state index contributed by atoms with van der Waals surface area (Å²) in [7, 11) is 0. The van der Waals surface area contributed by atoms with Gasteiger partial charge >= 0.3 is 0 Å². The van der Waals surface area contributed by atoms with Crippen molar-refractivity contribution in [1.82, 2.24) is 0 Å². The molecule has 1 aliphatic rings. The molecule has 0 atom stereocenters. The number of ether oxygens (including phenoxy) is 2. The van der Waals surface area contributed by atoms with Gasteiger partial charge in [0.05, 0.1) is 0 Å². The molecule has 0 spiro atoms. The van der Waals surface area contributed by atoms with Crippen LogP contribution in [0.1, 0.15) is 12.5 Å². The molecule has 0 unspecified atom stereocenters. The summed E-state index contributed by atoms with van der Waals surface area (Å²) in [4.78, 5) is 0. The Morgan fingerprint density at radius 2 is 1.92 bits per heavy atom. The van der Waals surface area contributed by atoms with Gasteiger partial charge in [0.15, 0.2) is 11.5 Å². The van der Waals surface area contributed by atoms with Crippen LogP contribution in [0.15, 0.2) is 24.8 Å². The van der Waals surface area contributed by atoms with Crippen LogP contribution in [0.3, 0.4) is 0 Å². The smallest absolute Gasteiger partial charge is 0.161 e. The van der Waals surface area contributed by atoms with Crippen molar-refractivity contribution in [3.05, 3.63) is 30.3 Å². The van der Waals surface area contributed by atoms with E-state index in [-0.39, 0.29) is 0 Å². The molecule has 0 radical (unpaired) electrons. The first-order valence-electron chi connectivity index (χ1n) is 4.33. The van der Waals surface area contributed by atoms with Crippen molar-refractivity contribution in [3.63, 3.8) is 0 Å². The Kier molecular flexibility index (Phi) is 1.97. The molecule has 0 saturated carbocycles. The van der Waals surface area contributed by atoms with Gasteiger partial charge in [0.1, 0.15) is 13.2 Å². The van der Waals surface area contributed by atoms with Gasteiger partial charge in [-0.25, -0.2) is 0 Å². The van der Waals surface area contributed by atoms with Crippen molar-refractivity contribution in [1.29, 1.82) is 0 Å². The molecule has 2 rings (SSSR count). The van der Waals surface area contributed by atoms with E-state index in [1.165, 1.54) is 0 Å². The Morgan fingerprint density at radius 1 is 1.23 bits per heavy atom. The summed E-state index contributed by atoms with van der Waals surface area (Å²) < 4.78 is 10.9. The Balaban J connectivity index is 2.40. The lowest BCUT2D eigenvalue weighted by Crippen LogP contribution is -2.15. The molecule has 2 nitrogen and oxygen atoms in total. The molecule has 1 heterocycles. The van der Waals surface area contributed by atoms with Crippen LogP contribution in [0, 0.1) is 0 Å². The number of benzene rings is 1. The second kappa shape index (κ2) is 3.13. The molecular weight excluding hydrogens is 164 g/mol. The van der Waals surface area contributed by atoms with Crippen LogP contribution >= 0.6 is 0 Å². The Hall–Kier alpha value is -1.44. The topological polar surface area (TPSA) is 18.5 Å². The highest BCUT2D eigenvalue weighted by atomic mass is 16.6. The summed E-state index contributed by atoms with van der Waals surface area (Å²) in [6, 6.07) is 5.89. The molecule has 13 heavy (non-hydrogen) atoms. The van der Waals surface area contributed by atoms with E-state index in [9.17, 15) is 0 Å². The van der Waals surface area contributed by atoms with Crippen molar-refractivity contribution < 1.29 is 9.47 Å².